The molecule has 0 radical (unpaired) electrons. The summed E-state index contributed by atoms with van der Waals surface area (Å²) in [5.41, 5.74) is 8.77. The fourth-order valence-corrected chi connectivity index (χ4v) is 4.57. The largest absolute Gasteiger partial charge is 0.339 e. The number of carbonyl (C=O) groups excluding carboxylic acids is 1. The number of likely N-dealkylation sites (tertiary alicyclic amines) is 1. The molecule has 0 aliphatic carbocycles. The molecule has 7 nitrogen and oxygen atoms in total. The summed E-state index contributed by atoms with van der Waals surface area (Å²) in [6.45, 7) is 1.67. The maximum absolute atomic E-state index is 12.7. The minimum absolute atomic E-state index is 0.0531. The van der Waals surface area contributed by atoms with Gasteiger partial charge in [-0.05, 0) is 37.1 Å². The number of hydrogen-bond donors (Lipinski definition) is 1. The number of imidazole rings is 1. The van der Waals surface area contributed by atoms with Gasteiger partial charge >= 0.3 is 0 Å². The third kappa shape index (κ3) is 4.09. The highest BCUT2D eigenvalue weighted by Gasteiger charge is 2.37. The molecule has 0 bridgehead atoms. The number of nitrogens with zero attached hydrogens (tertiary/aromatic N) is 5. The molecule has 2 aliphatic rings. The van der Waals surface area contributed by atoms with Crippen LogP contribution >= 0.6 is 11.8 Å². The van der Waals surface area contributed by atoms with E-state index >= 15 is 0 Å². The summed E-state index contributed by atoms with van der Waals surface area (Å²) >= 11 is 1.50. The number of fused-ring (bicyclic) bond motifs is 1. The highest BCUT2D eigenvalue weighted by atomic mass is 32.2. The van der Waals surface area contributed by atoms with Gasteiger partial charge in [-0.15, -0.1) is 5.01 Å². The molecule has 2 aromatic rings. The molecule has 1 aromatic heterocycles. The predicted molar refractivity (Wildman–Crippen MR) is 117 cm³/mol. The van der Waals surface area contributed by atoms with Crippen molar-refractivity contribution in [3.8, 4) is 11.3 Å². The van der Waals surface area contributed by atoms with Crippen molar-refractivity contribution in [2.24, 2.45) is 5.73 Å². The van der Waals surface area contributed by atoms with Crippen molar-refractivity contribution in [1.82, 2.24) is 14.6 Å². The SMILES string of the molecule is C[N+](C)=CN1C(N)Sc2nc(-c3ccccc3)c(C=CC(=O)N3CCCCC3)n21. The van der Waals surface area contributed by atoms with Gasteiger partial charge in [0.2, 0.25) is 16.6 Å². The van der Waals surface area contributed by atoms with Crippen LogP contribution in [0.15, 0.2) is 41.6 Å². The van der Waals surface area contributed by atoms with Crippen LogP contribution in [0.4, 0.5) is 0 Å². The fraction of sp³-hybridized carbons (Fsp3) is 0.381. The normalized spacial score (nSPS) is 18.9. The number of amides is 1. The molecule has 8 heteroatoms. The molecule has 29 heavy (non-hydrogen) atoms. The summed E-state index contributed by atoms with van der Waals surface area (Å²) in [6, 6.07) is 10.0. The van der Waals surface area contributed by atoms with Gasteiger partial charge in [0.25, 0.3) is 6.34 Å². The monoisotopic (exact) mass is 411 g/mol. The molecule has 0 saturated carbocycles. The molecular weight excluding hydrogens is 384 g/mol. The molecule has 4 rings (SSSR count). The zero-order valence-electron chi connectivity index (χ0n) is 16.9. The Morgan fingerprint density at radius 3 is 2.62 bits per heavy atom. The lowest BCUT2D eigenvalue weighted by Crippen LogP contribution is -2.44. The van der Waals surface area contributed by atoms with Crippen LogP contribution < -0.4 is 10.7 Å². The topological polar surface area (TPSA) is 70.4 Å². The van der Waals surface area contributed by atoms with Crippen LogP contribution in [0.2, 0.25) is 0 Å². The lowest BCUT2D eigenvalue weighted by molar-refractivity contribution is -0.460. The van der Waals surface area contributed by atoms with Crippen LogP contribution in [-0.2, 0) is 4.79 Å². The Kier molecular flexibility index (Phi) is 5.73. The molecule has 1 fully saturated rings. The maximum Gasteiger partial charge on any atom is 0.260 e. The van der Waals surface area contributed by atoms with Crippen LogP contribution in [0.25, 0.3) is 17.3 Å². The molecule has 152 valence electrons. The molecular formula is C21H27N6OS+. The summed E-state index contributed by atoms with van der Waals surface area (Å²) in [4.78, 5) is 19.5. The highest BCUT2D eigenvalue weighted by molar-refractivity contribution is 8.00. The second-order valence-corrected chi connectivity index (χ2v) is 8.58. The van der Waals surface area contributed by atoms with Gasteiger partial charge in [-0.1, -0.05) is 30.3 Å². The van der Waals surface area contributed by atoms with E-state index in [2.05, 4.69) is 0 Å². The lowest BCUT2D eigenvalue weighted by Gasteiger charge is -2.25. The second-order valence-electron chi connectivity index (χ2n) is 7.49. The van der Waals surface area contributed by atoms with E-state index in [1.54, 1.807) is 6.08 Å². The number of thioether (sulfide) groups is 1. The van der Waals surface area contributed by atoms with Crippen molar-refractivity contribution in [3.63, 3.8) is 0 Å². The molecule has 1 unspecified atom stereocenters. The van der Waals surface area contributed by atoms with Crippen LogP contribution in [0.5, 0.6) is 0 Å². The Hall–Kier alpha value is -2.58. The third-order valence-corrected chi connectivity index (χ3v) is 5.96. The minimum Gasteiger partial charge on any atom is -0.339 e. The van der Waals surface area contributed by atoms with Gasteiger partial charge in [0.15, 0.2) is 0 Å². The van der Waals surface area contributed by atoms with Crippen LogP contribution in [0, 0.1) is 0 Å². The van der Waals surface area contributed by atoms with Crippen molar-refractivity contribution in [3.05, 3.63) is 42.1 Å². The number of hydrogen-bond acceptors (Lipinski definition) is 4. The summed E-state index contributed by atoms with van der Waals surface area (Å²) in [6.07, 6.45) is 8.85. The van der Waals surface area contributed by atoms with Gasteiger partial charge in [-0.3, -0.25) is 15.1 Å². The number of rotatable bonds is 4. The summed E-state index contributed by atoms with van der Waals surface area (Å²) in [5, 5.41) is 2.77. The molecule has 1 atom stereocenters. The van der Waals surface area contributed by atoms with Gasteiger partial charge in [0.1, 0.15) is 11.4 Å². The van der Waals surface area contributed by atoms with Gasteiger partial charge < -0.3 is 4.90 Å². The van der Waals surface area contributed by atoms with E-state index in [9.17, 15) is 4.79 Å². The standard InChI is InChI=1S/C21H27N6OS/c1-24(2)15-26-20(22)29-21-23-19(16-9-5-3-6-10-16)17(27(21)26)11-12-18(28)25-13-7-4-8-14-25/h3,5-6,9-12,15,20H,4,7-8,13-14,22H2,1-2H3/q+1. The Morgan fingerprint density at radius 1 is 1.21 bits per heavy atom. The number of carbonyl (C=O) groups is 1. The van der Waals surface area contributed by atoms with Crippen molar-refractivity contribution in [1.29, 1.82) is 0 Å². The Labute approximate surface area is 175 Å². The van der Waals surface area contributed by atoms with Crippen molar-refractivity contribution < 1.29 is 9.37 Å². The van der Waals surface area contributed by atoms with Gasteiger partial charge in [-0.2, -0.15) is 4.68 Å². The van der Waals surface area contributed by atoms with Crippen molar-refractivity contribution >= 4 is 30.1 Å². The number of benzene rings is 1. The van der Waals surface area contributed by atoms with E-state index in [1.807, 2.05) is 76.0 Å². The quantitative estimate of drug-likeness (QED) is 0.361. The Morgan fingerprint density at radius 2 is 1.93 bits per heavy atom. The zero-order chi connectivity index (χ0) is 20.4. The molecule has 2 N–H and O–H groups in total. The first-order valence-corrected chi connectivity index (χ1v) is 10.8. The smallest absolute Gasteiger partial charge is 0.260 e. The van der Waals surface area contributed by atoms with Gasteiger partial charge in [-0.25, -0.2) is 4.98 Å². The second kappa shape index (κ2) is 8.42. The Balaban J connectivity index is 1.75. The third-order valence-electron chi connectivity index (χ3n) is 5.03. The van der Waals surface area contributed by atoms with Gasteiger partial charge in [0, 0.05) is 24.7 Å². The number of piperidine rings is 1. The molecule has 3 heterocycles. The average molecular weight is 412 g/mol. The van der Waals surface area contributed by atoms with Crippen LogP contribution in [0.3, 0.4) is 0 Å². The Bertz CT molecular complexity index is 942. The molecule has 1 amide bonds. The summed E-state index contributed by atoms with van der Waals surface area (Å²) in [5.74, 6) is 0.0531. The zero-order valence-corrected chi connectivity index (χ0v) is 17.7. The summed E-state index contributed by atoms with van der Waals surface area (Å²) in [7, 11) is 3.92. The first-order valence-electron chi connectivity index (χ1n) is 9.92. The highest BCUT2D eigenvalue weighted by Crippen LogP contribution is 2.36. The van der Waals surface area contributed by atoms with E-state index in [4.69, 9.17) is 10.7 Å². The van der Waals surface area contributed by atoms with E-state index in [0.717, 1.165) is 48.0 Å². The van der Waals surface area contributed by atoms with Gasteiger partial charge in [0.05, 0.1) is 14.1 Å². The fourth-order valence-electron chi connectivity index (χ4n) is 3.66. The molecule has 2 aliphatic heterocycles. The number of aromatic nitrogens is 2. The minimum atomic E-state index is -0.269. The van der Waals surface area contributed by atoms with Crippen molar-refractivity contribution in [2.45, 2.75) is 29.9 Å². The van der Waals surface area contributed by atoms with E-state index in [-0.39, 0.29) is 11.4 Å². The van der Waals surface area contributed by atoms with E-state index < -0.39 is 0 Å². The van der Waals surface area contributed by atoms with Crippen molar-refractivity contribution in [2.75, 3.05) is 32.2 Å². The van der Waals surface area contributed by atoms with E-state index in [0.29, 0.717) is 0 Å². The molecule has 1 aromatic carbocycles. The van der Waals surface area contributed by atoms with Crippen LogP contribution in [-0.4, -0.2) is 64.1 Å². The molecule has 0 spiro atoms. The van der Waals surface area contributed by atoms with E-state index in [1.165, 1.54) is 18.2 Å². The molecule has 1 saturated heterocycles. The first kappa shape index (κ1) is 19.7. The first-order chi connectivity index (χ1) is 14.0. The predicted octanol–water partition coefficient (Wildman–Crippen LogP) is 2.16. The maximum atomic E-state index is 12.7. The van der Waals surface area contributed by atoms with Crippen LogP contribution in [0.1, 0.15) is 25.0 Å². The number of nitrogens with two attached hydrogens (primary N) is 1. The lowest BCUT2D eigenvalue weighted by atomic mass is 10.1. The summed E-state index contributed by atoms with van der Waals surface area (Å²) < 4.78 is 3.95. The average Bonchev–Trinajstić information content (AvgIpc) is 3.23.